The van der Waals surface area contributed by atoms with Crippen LogP contribution < -0.4 is 4.74 Å². The number of pyridine rings is 1. The van der Waals surface area contributed by atoms with Crippen molar-refractivity contribution >= 4 is 10.9 Å². The second-order valence-electron chi connectivity index (χ2n) is 5.83. The SMILES string of the molecule is CO[C@H](C)[C@@H](OC)c1c(F)cccc1Oc1cnc2c(F)cccc2c1. The minimum Gasteiger partial charge on any atom is -0.455 e. The molecule has 0 amide bonds. The van der Waals surface area contributed by atoms with Crippen LogP contribution in [0.25, 0.3) is 10.9 Å². The van der Waals surface area contributed by atoms with Crippen LogP contribution in [-0.4, -0.2) is 25.3 Å². The van der Waals surface area contributed by atoms with Crippen molar-refractivity contribution in [3.8, 4) is 11.5 Å². The molecule has 2 atom stereocenters. The molecule has 26 heavy (non-hydrogen) atoms. The third-order valence-electron chi connectivity index (χ3n) is 4.21. The Morgan fingerprint density at radius 2 is 1.69 bits per heavy atom. The van der Waals surface area contributed by atoms with Gasteiger partial charge in [-0.05, 0) is 31.2 Å². The van der Waals surface area contributed by atoms with Gasteiger partial charge in [-0.25, -0.2) is 13.8 Å². The zero-order chi connectivity index (χ0) is 18.7. The van der Waals surface area contributed by atoms with E-state index in [9.17, 15) is 8.78 Å². The molecular formula is C20H19F2NO3. The van der Waals surface area contributed by atoms with Gasteiger partial charge in [0, 0.05) is 19.6 Å². The van der Waals surface area contributed by atoms with Gasteiger partial charge in [-0.3, -0.25) is 0 Å². The molecule has 0 bridgehead atoms. The molecule has 0 unspecified atom stereocenters. The number of halogens is 2. The summed E-state index contributed by atoms with van der Waals surface area (Å²) in [4.78, 5) is 4.10. The minimum absolute atomic E-state index is 0.252. The molecule has 0 aliphatic rings. The molecule has 3 aromatic rings. The lowest BCUT2D eigenvalue weighted by Gasteiger charge is -2.24. The summed E-state index contributed by atoms with van der Waals surface area (Å²) in [5, 5.41) is 0.592. The molecule has 136 valence electrons. The maximum absolute atomic E-state index is 14.5. The Morgan fingerprint density at radius 1 is 0.962 bits per heavy atom. The largest absolute Gasteiger partial charge is 0.455 e. The first-order chi connectivity index (χ1) is 12.5. The first-order valence-electron chi connectivity index (χ1n) is 8.11. The van der Waals surface area contributed by atoms with Crippen LogP contribution in [0.2, 0.25) is 0 Å². The van der Waals surface area contributed by atoms with Crippen molar-refractivity contribution in [2.45, 2.75) is 19.1 Å². The summed E-state index contributed by atoms with van der Waals surface area (Å²) in [7, 11) is 3.01. The van der Waals surface area contributed by atoms with Crippen molar-refractivity contribution in [1.82, 2.24) is 4.98 Å². The van der Waals surface area contributed by atoms with E-state index in [1.165, 1.54) is 32.5 Å². The fourth-order valence-electron chi connectivity index (χ4n) is 2.84. The first-order valence-corrected chi connectivity index (χ1v) is 8.11. The van der Waals surface area contributed by atoms with E-state index in [-0.39, 0.29) is 17.2 Å². The highest BCUT2D eigenvalue weighted by molar-refractivity contribution is 5.80. The van der Waals surface area contributed by atoms with Crippen LogP contribution in [0, 0.1) is 11.6 Å². The van der Waals surface area contributed by atoms with Crippen molar-refractivity contribution in [2.75, 3.05) is 14.2 Å². The number of methoxy groups -OCH3 is 2. The quantitative estimate of drug-likeness (QED) is 0.619. The standard InChI is InChI=1S/C20H19F2NO3/c1-12(24-2)20(25-3)18-15(21)7-5-9-17(18)26-14-10-13-6-4-8-16(22)19(13)23-11-14/h4-12,20H,1-3H3/t12-,20-/m1/s1. The van der Waals surface area contributed by atoms with Crippen molar-refractivity contribution < 1.29 is 23.0 Å². The van der Waals surface area contributed by atoms with Gasteiger partial charge in [0.15, 0.2) is 0 Å². The maximum Gasteiger partial charge on any atom is 0.149 e. The first kappa shape index (κ1) is 18.2. The molecule has 3 rings (SSSR count). The Balaban J connectivity index is 2.01. The van der Waals surface area contributed by atoms with E-state index in [4.69, 9.17) is 14.2 Å². The zero-order valence-electron chi connectivity index (χ0n) is 14.7. The fraction of sp³-hybridized carbons (Fsp3) is 0.250. The summed E-state index contributed by atoms with van der Waals surface area (Å²) in [5.41, 5.74) is 0.505. The average molecular weight is 359 g/mol. The van der Waals surface area contributed by atoms with E-state index in [0.717, 1.165) is 0 Å². The monoisotopic (exact) mass is 359 g/mol. The van der Waals surface area contributed by atoms with Gasteiger partial charge < -0.3 is 14.2 Å². The highest BCUT2D eigenvalue weighted by Crippen LogP contribution is 2.36. The molecule has 0 aliphatic heterocycles. The van der Waals surface area contributed by atoms with Gasteiger partial charge in [0.05, 0.1) is 17.9 Å². The molecule has 0 aliphatic carbocycles. The molecule has 0 saturated carbocycles. The number of nitrogens with zero attached hydrogens (tertiary/aromatic N) is 1. The van der Waals surface area contributed by atoms with E-state index in [2.05, 4.69) is 4.98 Å². The molecule has 0 radical (unpaired) electrons. The van der Waals surface area contributed by atoms with Gasteiger partial charge in [0.1, 0.15) is 34.8 Å². The van der Waals surface area contributed by atoms with Crippen LogP contribution in [0.1, 0.15) is 18.6 Å². The molecule has 1 aromatic heterocycles. The molecule has 0 fully saturated rings. The van der Waals surface area contributed by atoms with Crippen LogP contribution >= 0.6 is 0 Å². The number of hydrogen-bond donors (Lipinski definition) is 0. The maximum atomic E-state index is 14.5. The molecule has 0 spiro atoms. The molecule has 4 nitrogen and oxygen atoms in total. The third-order valence-corrected chi connectivity index (χ3v) is 4.21. The Bertz CT molecular complexity index is 917. The van der Waals surface area contributed by atoms with Gasteiger partial charge in [-0.2, -0.15) is 0 Å². The molecule has 0 saturated heterocycles. The predicted molar refractivity (Wildman–Crippen MR) is 94.4 cm³/mol. The summed E-state index contributed by atoms with van der Waals surface area (Å²) in [5.74, 6) is -0.208. The third kappa shape index (κ3) is 3.52. The van der Waals surface area contributed by atoms with Crippen molar-refractivity contribution in [1.29, 1.82) is 0 Å². The van der Waals surface area contributed by atoms with Gasteiger partial charge in [-0.15, -0.1) is 0 Å². The number of rotatable bonds is 6. The minimum atomic E-state index is -0.651. The zero-order valence-corrected chi connectivity index (χ0v) is 14.7. The van der Waals surface area contributed by atoms with Gasteiger partial charge in [-0.1, -0.05) is 18.2 Å². The molecule has 6 heteroatoms. The summed E-state index contributed by atoms with van der Waals surface area (Å²) in [6, 6.07) is 10.9. The Labute approximate surface area is 150 Å². The normalized spacial score (nSPS) is 13.6. The molecule has 2 aromatic carbocycles. The molecule has 0 N–H and O–H groups in total. The second-order valence-corrected chi connectivity index (χ2v) is 5.83. The van der Waals surface area contributed by atoms with Crippen LogP contribution in [0.3, 0.4) is 0 Å². The van der Waals surface area contributed by atoms with E-state index >= 15 is 0 Å². The van der Waals surface area contributed by atoms with Gasteiger partial charge in [0.2, 0.25) is 0 Å². The van der Waals surface area contributed by atoms with Crippen molar-refractivity contribution in [2.24, 2.45) is 0 Å². The highest BCUT2D eigenvalue weighted by Gasteiger charge is 2.26. The van der Waals surface area contributed by atoms with E-state index in [1.54, 1.807) is 37.3 Å². The van der Waals surface area contributed by atoms with Crippen LogP contribution in [0.4, 0.5) is 8.78 Å². The van der Waals surface area contributed by atoms with Crippen molar-refractivity contribution in [3.63, 3.8) is 0 Å². The average Bonchev–Trinajstić information content (AvgIpc) is 2.64. The molecular weight excluding hydrogens is 340 g/mol. The van der Waals surface area contributed by atoms with Crippen LogP contribution in [-0.2, 0) is 9.47 Å². The lowest BCUT2D eigenvalue weighted by atomic mass is 10.0. The number of ether oxygens (including phenoxy) is 3. The number of para-hydroxylation sites is 1. The summed E-state index contributed by atoms with van der Waals surface area (Å²) in [6.45, 7) is 1.78. The lowest BCUT2D eigenvalue weighted by Crippen LogP contribution is -2.21. The van der Waals surface area contributed by atoms with E-state index < -0.39 is 17.7 Å². The predicted octanol–water partition coefficient (Wildman–Crippen LogP) is 5.03. The number of fused-ring (bicyclic) bond motifs is 1. The number of aromatic nitrogens is 1. The second kappa shape index (κ2) is 7.76. The topological polar surface area (TPSA) is 40.6 Å². The number of benzene rings is 2. The van der Waals surface area contributed by atoms with Crippen LogP contribution in [0.5, 0.6) is 11.5 Å². The highest BCUT2D eigenvalue weighted by atomic mass is 19.1. The van der Waals surface area contributed by atoms with Gasteiger partial charge in [0.25, 0.3) is 0 Å². The molecule has 1 heterocycles. The summed E-state index contributed by atoms with van der Waals surface area (Å²) >= 11 is 0. The summed E-state index contributed by atoms with van der Waals surface area (Å²) < 4.78 is 44.8. The fourth-order valence-corrected chi connectivity index (χ4v) is 2.84. The smallest absolute Gasteiger partial charge is 0.149 e. The Kier molecular flexibility index (Phi) is 5.44. The van der Waals surface area contributed by atoms with Crippen LogP contribution in [0.15, 0.2) is 48.7 Å². The lowest BCUT2D eigenvalue weighted by molar-refractivity contribution is -0.0302. The summed E-state index contributed by atoms with van der Waals surface area (Å²) in [6.07, 6.45) is 0.368. The van der Waals surface area contributed by atoms with Crippen molar-refractivity contribution in [3.05, 3.63) is 65.9 Å². The Hall–Kier alpha value is -2.57. The number of hydrogen-bond acceptors (Lipinski definition) is 4. The van der Waals surface area contributed by atoms with E-state index in [1.807, 2.05) is 0 Å². The van der Waals surface area contributed by atoms with E-state index in [0.29, 0.717) is 16.9 Å². The van der Waals surface area contributed by atoms with Gasteiger partial charge >= 0.3 is 0 Å². The Morgan fingerprint density at radius 3 is 2.42 bits per heavy atom.